The average Bonchev–Trinajstić information content (AvgIpc) is 2.82. The van der Waals surface area contributed by atoms with Gasteiger partial charge < -0.3 is 11.1 Å². The normalized spacial score (nSPS) is 12.1. The van der Waals surface area contributed by atoms with Crippen LogP contribution in [0.1, 0.15) is 22.3 Å². The molecule has 1 amide bonds. The first-order chi connectivity index (χ1) is 8.65. The van der Waals surface area contributed by atoms with E-state index in [4.69, 9.17) is 5.73 Å². The van der Waals surface area contributed by atoms with Crippen LogP contribution in [0.2, 0.25) is 0 Å². The Labute approximate surface area is 110 Å². The Bertz CT molecular complexity index is 525. The number of hydrogen-bond donors (Lipinski definition) is 2. The first-order valence-electron chi connectivity index (χ1n) is 5.70. The van der Waals surface area contributed by atoms with Crippen LogP contribution in [0.5, 0.6) is 0 Å². The maximum absolute atomic E-state index is 11.0. The summed E-state index contributed by atoms with van der Waals surface area (Å²) in [5.74, 6) is -0.510. The van der Waals surface area contributed by atoms with Gasteiger partial charge in [-0.1, -0.05) is 6.07 Å². The van der Waals surface area contributed by atoms with Crippen molar-refractivity contribution in [3.05, 3.63) is 46.4 Å². The van der Waals surface area contributed by atoms with E-state index in [9.17, 15) is 4.79 Å². The lowest BCUT2D eigenvalue weighted by molar-refractivity contribution is 0.0995. The van der Waals surface area contributed by atoms with Crippen molar-refractivity contribution in [1.29, 1.82) is 0 Å². The number of amides is 1. The molecule has 0 aliphatic heterocycles. The van der Waals surface area contributed by atoms with Crippen molar-refractivity contribution >= 4 is 22.9 Å². The number of nitrogens with zero attached hydrogens (tertiary/aromatic N) is 1. The molecule has 0 aromatic carbocycles. The molecule has 0 aliphatic carbocycles. The van der Waals surface area contributed by atoms with Gasteiger partial charge in [0.15, 0.2) is 0 Å². The fourth-order valence-corrected chi connectivity index (χ4v) is 2.56. The van der Waals surface area contributed by atoms with E-state index in [0.717, 1.165) is 12.1 Å². The fourth-order valence-electron chi connectivity index (χ4n) is 1.72. The molecule has 5 heteroatoms. The van der Waals surface area contributed by atoms with Crippen molar-refractivity contribution in [2.45, 2.75) is 19.4 Å². The molecule has 94 valence electrons. The molecular weight excluding hydrogens is 246 g/mol. The van der Waals surface area contributed by atoms with Gasteiger partial charge in [-0.25, -0.2) is 0 Å². The number of thiophene rings is 1. The lowest BCUT2D eigenvalue weighted by atomic mass is 10.2. The highest BCUT2D eigenvalue weighted by Gasteiger charge is 2.07. The highest BCUT2D eigenvalue weighted by molar-refractivity contribution is 7.09. The first-order valence-corrected chi connectivity index (χ1v) is 6.58. The minimum atomic E-state index is -0.510. The number of nitrogens with one attached hydrogen (secondary N) is 1. The molecule has 0 aliphatic rings. The Morgan fingerprint density at radius 2 is 2.39 bits per heavy atom. The van der Waals surface area contributed by atoms with Gasteiger partial charge in [0.05, 0.1) is 0 Å². The number of hydrogen-bond acceptors (Lipinski definition) is 4. The summed E-state index contributed by atoms with van der Waals surface area (Å²) in [6, 6.07) is 7.95. The third kappa shape index (κ3) is 3.30. The molecule has 18 heavy (non-hydrogen) atoms. The zero-order valence-corrected chi connectivity index (χ0v) is 10.9. The van der Waals surface area contributed by atoms with E-state index < -0.39 is 5.91 Å². The van der Waals surface area contributed by atoms with Gasteiger partial charge in [-0.3, -0.25) is 9.78 Å². The van der Waals surface area contributed by atoms with Crippen LogP contribution in [-0.4, -0.2) is 16.9 Å². The Balaban J connectivity index is 2.00. The Hall–Kier alpha value is -1.88. The second kappa shape index (κ2) is 5.64. The minimum absolute atomic E-state index is 0.281. The number of carbonyl (C=O) groups excluding carboxylic acids is 1. The summed E-state index contributed by atoms with van der Waals surface area (Å²) >= 11 is 1.74. The summed E-state index contributed by atoms with van der Waals surface area (Å²) in [6.07, 6.45) is 2.53. The molecule has 2 aromatic rings. The van der Waals surface area contributed by atoms with Crippen LogP contribution in [0.25, 0.3) is 0 Å². The molecule has 0 saturated carbocycles. The predicted molar refractivity (Wildman–Crippen MR) is 73.9 cm³/mol. The SMILES string of the molecule is CC(Cc1cccs1)Nc1ccnc(C(N)=O)c1. The standard InChI is InChI=1S/C13H15N3OS/c1-9(7-11-3-2-6-18-11)16-10-4-5-15-12(8-10)13(14)17/h2-6,8-9H,7H2,1H3,(H2,14,17)(H,15,16). The molecule has 1 unspecified atom stereocenters. The molecule has 0 bridgehead atoms. The van der Waals surface area contributed by atoms with Crippen molar-refractivity contribution in [2.75, 3.05) is 5.32 Å². The first kappa shape index (κ1) is 12.6. The molecule has 4 nitrogen and oxygen atoms in total. The Morgan fingerprint density at radius 1 is 1.56 bits per heavy atom. The zero-order chi connectivity index (χ0) is 13.0. The molecule has 0 spiro atoms. The van der Waals surface area contributed by atoms with Crippen LogP contribution in [0.4, 0.5) is 5.69 Å². The third-order valence-corrected chi connectivity index (χ3v) is 3.41. The average molecular weight is 261 g/mol. The van der Waals surface area contributed by atoms with E-state index in [-0.39, 0.29) is 11.7 Å². The van der Waals surface area contributed by atoms with Gasteiger partial charge in [-0.15, -0.1) is 11.3 Å². The summed E-state index contributed by atoms with van der Waals surface area (Å²) < 4.78 is 0. The molecule has 2 rings (SSSR count). The lowest BCUT2D eigenvalue weighted by Gasteiger charge is -2.14. The number of aromatic nitrogens is 1. The van der Waals surface area contributed by atoms with Crippen molar-refractivity contribution in [3.63, 3.8) is 0 Å². The van der Waals surface area contributed by atoms with Crippen LogP contribution in [0, 0.1) is 0 Å². The maximum Gasteiger partial charge on any atom is 0.267 e. The smallest absolute Gasteiger partial charge is 0.267 e. The highest BCUT2D eigenvalue weighted by atomic mass is 32.1. The highest BCUT2D eigenvalue weighted by Crippen LogP contribution is 2.15. The molecule has 0 fully saturated rings. The summed E-state index contributed by atoms with van der Waals surface area (Å²) in [5, 5.41) is 5.40. The predicted octanol–water partition coefficient (Wildman–Crippen LogP) is 2.29. The van der Waals surface area contributed by atoms with Crippen LogP contribution in [-0.2, 0) is 6.42 Å². The largest absolute Gasteiger partial charge is 0.382 e. The van der Waals surface area contributed by atoms with E-state index in [1.807, 2.05) is 12.1 Å². The van der Waals surface area contributed by atoms with Crippen LogP contribution >= 0.6 is 11.3 Å². The fraction of sp³-hybridized carbons (Fsp3) is 0.231. The summed E-state index contributed by atoms with van der Waals surface area (Å²) in [5.41, 5.74) is 6.34. The topological polar surface area (TPSA) is 68.0 Å². The summed E-state index contributed by atoms with van der Waals surface area (Å²) in [4.78, 5) is 16.3. The van der Waals surface area contributed by atoms with Crippen molar-refractivity contribution in [1.82, 2.24) is 4.98 Å². The van der Waals surface area contributed by atoms with Gasteiger partial charge in [0.25, 0.3) is 5.91 Å². The third-order valence-electron chi connectivity index (χ3n) is 2.51. The van der Waals surface area contributed by atoms with Crippen LogP contribution < -0.4 is 11.1 Å². The molecule has 2 heterocycles. The molecule has 0 saturated heterocycles. The van der Waals surface area contributed by atoms with Gasteiger partial charge >= 0.3 is 0 Å². The summed E-state index contributed by atoms with van der Waals surface area (Å²) in [6.45, 7) is 2.10. The van der Waals surface area contributed by atoms with E-state index >= 15 is 0 Å². The zero-order valence-electron chi connectivity index (χ0n) is 10.1. The number of pyridine rings is 1. The van der Waals surface area contributed by atoms with Crippen molar-refractivity contribution in [3.8, 4) is 0 Å². The second-order valence-corrected chi connectivity index (χ2v) is 5.16. The van der Waals surface area contributed by atoms with Gasteiger partial charge in [-0.2, -0.15) is 0 Å². The van der Waals surface area contributed by atoms with Gasteiger partial charge in [-0.05, 0) is 30.5 Å². The molecule has 3 N–H and O–H groups in total. The molecule has 0 radical (unpaired) electrons. The minimum Gasteiger partial charge on any atom is -0.382 e. The van der Waals surface area contributed by atoms with Crippen molar-refractivity contribution < 1.29 is 4.79 Å². The number of anilines is 1. The Kier molecular flexibility index (Phi) is 3.94. The summed E-state index contributed by atoms with van der Waals surface area (Å²) in [7, 11) is 0. The van der Waals surface area contributed by atoms with E-state index in [1.165, 1.54) is 4.88 Å². The number of rotatable bonds is 5. The van der Waals surface area contributed by atoms with Crippen LogP contribution in [0.15, 0.2) is 35.8 Å². The van der Waals surface area contributed by atoms with Gasteiger partial charge in [0, 0.05) is 29.2 Å². The van der Waals surface area contributed by atoms with E-state index in [1.54, 1.807) is 23.6 Å². The second-order valence-electron chi connectivity index (χ2n) is 4.12. The molecule has 2 aromatic heterocycles. The van der Waals surface area contributed by atoms with Gasteiger partial charge in [0.1, 0.15) is 5.69 Å². The quantitative estimate of drug-likeness (QED) is 0.867. The Morgan fingerprint density at radius 3 is 3.06 bits per heavy atom. The molecular formula is C13H15N3OS. The van der Waals surface area contributed by atoms with E-state index in [0.29, 0.717) is 0 Å². The monoisotopic (exact) mass is 261 g/mol. The van der Waals surface area contributed by atoms with Crippen LogP contribution in [0.3, 0.4) is 0 Å². The van der Waals surface area contributed by atoms with Crippen molar-refractivity contribution in [2.24, 2.45) is 5.73 Å². The number of carbonyl (C=O) groups is 1. The van der Waals surface area contributed by atoms with Gasteiger partial charge in [0.2, 0.25) is 0 Å². The maximum atomic E-state index is 11.0. The lowest BCUT2D eigenvalue weighted by Crippen LogP contribution is -2.19. The number of nitrogens with two attached hydrogens (primary N) is 1. The number of primary amides is 1. The van der Waals surface area contributed by atoms with E-state index in [2.05, 4.69) is 28.7 Å². The molecule has 1 atom stereocenters.